The van der Waals surface area contributed by atoms with Crippen molar-refractivity contribution >= 4 is 34.9 Å². The highest BCUT2D eigenvalue weighted by Gasteiger charge is 2.48. The first-order valence-electron chi connectivity index (χ1n) is 14.0. The molecule has 5 aliphatic heterocycles. The Morgan fingerprint density at radius 3 is 2.10 bits per heavy atom. The van der Waals surface area contributed by atoms with Gasteiger partial charge in [-0.15, -0.1) is 0 Å². The first-order valence-corrected chi connectivity index (χ1v) is 14.0. The summed E-state index contributed by atoms with van der Waals surface area (Å²) in [5.74, 6) is 3.32. The lowest BCUT2D eigenvalue weighted by Crippen LogP contribution is -2.41. The zero-order chi connectivity index (χ0) is 28.0. The van der Waals surface area contributed by atoms with E-state index >= 15 is 0 Å². The fraction of sp³-hybridized carbons (Fsp3) is 0.118. The molecule has 0 saturated carbocycles. The van der Waals surface area contributed by atoms with E-state index in [1.807, 2.05) is 60.5 Å². The summed E-state index contributed by atoms with van der Waals surface area (Å²) in [5, 5.41) is 11.0. The third-order valence-corrected chi connectivity index (χ3v) is 8.51. The van der Waals surface area contributed by atoms with Crippen molar-refractivity contribution in [2.75, 3.05) is 0 Å². The molecule has 0 aromatic heterocycles. The summed E-state index contributed by atoms with van der Waals surface area (Å²) < 4.78 is 0. The Bertz CT molecular complexity index is 2060. The maximum atomic E-state index is 5.39. The van der Waals surface area contributed by atoms with Gasteiger partial charge in [0, 0.05) is 50.2 Å². The topological polar surface area (TPSA) is 89.4 Å². The predicted molar refractivity (Wildman–Crippen MR) is 166 cm³/mol. The third kappa shape index (κ3) is 3.11. The number of amidine groups is 5. The van der Waals surface area contributed by atoms with Crippen LogP contribution < -0.4 is 5.32 Å². The van der Waals surface area contributed by atoms with Gasteiger partial charge >= 0.3 is 0 Å². The van der Waals surface area contributed by atoms with Crippen molar-refractivity contribution in [2.45, 2.75) is 25.7 Å². The van der Waals surface area contributed by atoms with Crippen LogP contribution in [0.15, 0.2) is 127 Å². The molecule has 1 N–H and O–H groups in total. The molecule has 0 aliphatic carbocycles. The van der Waals surface area contributed by atoms with Crippen molar-refractivity contribution in [1.29, 1.82) is 0 Å². The average molecular weight is 545 g/mol. The largest absolute Gasteiger partial charge is 0.343 e. The van der Waals surface area contributed by atoms with Crippen LogP contribution in [-0.2, 0) is 5.66 Å². The van der Waals surface area contributed by atoms with Gasteiger partial charge in [0.2, 0.25) is 0 Å². The van der Waals surface area contributed by atoms with Gasteiger partial charge in [-0.05, 0) is 13.8 Å². The minimum absolute atomic E-state index is 0.338. The molecule has 0 radical (unpaired) electrons. The molecule has 8 heteroatoms. The van der Waals surface area contributed by atoms with E-state index in [0.29, 0.717) is 29.2 Å². The molecule has 2 unspecified atom stereocenters. The summed E-state index contributed by atoms with van der Waals surface area (Å²) in [6.07, 6.45) is -0.338. The first kappa shape index (κ1) is 23.2. The van der Waals surface area contributed by atoms with Crippen LogP contribution in [0, 0.1) is 0 Å². The lowest BCUT2D eigenvalue weighted by molar-refractivity contribution is 0.227. The first-order chi connectivity index (χ1) is 20.6. The smallest absolute Gasteiger partial charge is 0.180 e. The molecule has 9 rings (SSSR count). The predicted octanol–water partition coefficient (Wildman–Crippen LogP) is 5.38. The Kier molecular flexibility index (Phi) is 4.57. The van der Waals surface area contributed by atoms with E-state index in [0.717, 1.165) is 50.2 Å². The lowest BCUT2D eigenvalue weighted by Gasteiger charge is -2.31. The normalized spacial score (nSPS) is 27.4. The molecule has 6 bridgehead atoms. The molecular weight excluding hydrogens is 520 g/mol. The van der Waals surface area contributed by atoms with Crippen molar-refractivity contribution in [3.05, 3.63) is 142 Å². The molecule has 4 aromatic rings. The van der Waals surface area contributed by atoms with Gasteiger partial charge in [0.25, 0.3) is 0 Å². The third-order valence-electron chi connectivity index (χ3n) is 8.51. The molecule has 5 heterocycles. The second-order valence-corrected chi connectivity index (χ2v) is 11.0. The van der Waals surface area contributed by atoms with Crippen molar-refractivity contribution in [2.24, 2.45) is 30.1 Å². The Balaban J connectivity index is 1.41. The molecule has 8 nitrogen and oxygen atoms in total. The van der Waals surface area contributed by atoms with E-state index in [-0.39, 0.29) is 6.17 Å². The van der Waals surface area contributed by atoms with Crippen molar-refractivity contribution < 1.29 is 0 Å². The summed E-state index contributed by atoms with van der Waals surface area (Å²) in [4.78, 5) is 25.8. The van der Waals surface area contributed by atoms with Gasteiger partial charge < -0.3 is 5.32 Å². The quantitative estimate of drug-likeness (QED) is 0.322. The number of aliphatic imine (C=N–C) groups is 5. The van der Waals surface area contributed by atoms with Gasteiger partial charge in [0.15, 0.2) is 34.8 Å². The Morgan fingerprint density at radius 2 is 1.29 bits per heavy atom. The van der Waals surface area contributed by atoms with Gasteiger partial charge in [0.05, 0.1) is 0 Å². The molecule has 2 atom stereocenters. The van der Waals surface area contributed by atoms with Crippen molar-refractivity contribution in [1.82, 2.24) is 10.3 Å². The Hall–Kier alpha value is -5.50. The summed E-state index contributed by atoms with van der Waals surface area (Å²) in [6, 6.07) is 32.9. The van der Waals surface area contributed by atoms with Crippen LogP contribution in [0.3, 0.4) is 0 Å². The maximum absolute atomic E-state index is 5.39. The molecule has 5 aliphatic rings. The van der Waals surface area contributed by atoms with Crippen LogP contribution in [0.5, 0.6) is 0 Å². The lowest BCUT2D eigenvalue weighted by atomic mass is 10.0. The molecule has 0 amide bonds. The molecule has 0 fully saturated rings. The summed E-state index contributed by atoms with van der Waals surface area (Å²) >= 11 is 0. The number of rotatable bonds is 0. The van der Waals surface area contributed by atoms with E-state index in [4.69, 9.17) is 30.1 Å². The second-order valence-electron chi connectivity index (χ2n) is 11.0. The van der Waals surface area contributed by atoms with Crippen LogP contribution in [0.2, 0.25) is 0 Å². The number of nitrogens with zero attached hydrogens (tertiary/aromatic N) is 7. The van der Waals surface area contributed by atoms with Gasteiger partial charge in [-0.25, -0.2) is 30.0 Å². The van der Waals surface area contributed by atoms with Gasteiger partial charge in [0.1, 0.15) is 6.17 Å². The zero-order valence-corrected chi connectivity index (χ0v) is 22.9. The van der Waals surface area contributed by atoms with Crippen LogP contribution >= 0.6 is 0 Å². The maximum Gasteiger partial charge on any atom is 0.180 e. The van der Waals surface area contributed by atoms with Gasteiger partial charge in [-0.1, -0.05) is 97.1 Å². The van der Waals surface area contributed by atoms with Gasteiger partial charge in [-0.3, -0.25) is 0 Å². The highest BCUT2D eigenvalue weighted by molar-refractivity contribution is 6.26. The fourth-order valence-electron chi connectivity index (χ4n) is 6.47. The van der Waals surface area contributed by atoms with Crippen LogP contribution in [0.25, 0.3) is 0 Å². The number of hydrazone groups is 1. The van der Waals surface area contributed by atoms with E-state index in [1.165, 1.54) is 0 Å². The number of benzene rings is 4. The number of hydrogen-bond acceptors (Lipinski definition) is 8. The van der Waals surface area contributed by atoms with E-state index in [1.54, 1.807) is 0 Å². The SMILES string of the molecule is C/C1=N\C2=NC(=N\C3(C)c4ccccc4/C4=N/C5=NC(N/C(=N\N43)c3ccccc31)c1ccccc15)/c1ccccc12. The molecule has 42 heavy (non-hydrogen) atoms. The van der Waals surface area contributed by atoms with E-state index in [2.05, 4.69) is 60.8 Å². The summed E-state index contributed by atoms with van der Waals surface area (Å²) in [5.41, 5.74) is 7.71. The highest BCUT2D eigenvalue weighted by Crippen LogP contribution is 2.43. The molecule has 200 valence electrons. The summed E-state index contributed by atoms with van der Waals surface area (Å²) in [7, 11) is 0. The Labute approximate surface area is 242 Å². The fourth-order valence-corrected chi connectivity index (χ4v) is 6.47. The zero-order valence-electron chi connectivity index (χ0n) is 22.9. The van der Waals surface area contributed by atoms with Gasteiger partial charge in [-0.2, -0.15) is 5.10 Å². The van der Waals surface area contributed by atoms with Crippen molar-refractivity contribution in [3.8, 4) is 0 Å². The van der Waals surface area contributed by atoms with E-state index in [9.17, 15) is 0 Å². The number of fused-ring (bicyclic) bond motifs is 13. The monoisotopic (exact) mass is 544 g/mol. The van der Waals surface area contributed by atoms with E-state index < -0.39 is 5.66 Å². The van der Waals surface area contributed by atoms with Crippen LogP contribution in [0.1, 0.15) is 64.5 Å². The average Bonchev–Trinajstić information content (AvgIpc) is 3.63. The minimum Gasteiger partial charge on any atom is -0.343 e. The minimum atomic E-state index is -0.944. The van der Waals surface area contributed by atoms with Crippen LogP contribution in [0.4, 0.5) is 0 Å². The number of nitrogens with one attached hydrogen (secondary N) is 1. The summed E-state index contributed by atoms with van der Waals surface area (Å²) in [6.45, 7) is 4.10. The molecule has 0 spiro atoms. The standard InChI is InChI=1S/C34H24N8/c1-19-20-11-3-4-12-21(20)32-38-29-22-13-5-6-14-23(22)30(36-29)39-33-26-17-9-10-18-27(26)34(2,42(33)41-32)40-31-25-16-8-7-15-24(25)28(35-19)37-31/h3-18,29H,1-2H3,(H,38,41)/b35-19+,39-33-,40-31-. The second kappa shape index (κ2) is 8.27. The molecule has 0 saturated heterocycles. The van der Waals surface area contributed by atoms with Crippen LogP contribution in [-0.4, -0.2) is 39.9 Å². The molecule has 4 aromatic carbocycles. The highest BCUT2D eigenvalue weighted by atomic mass is 15.6. The Morgan fingerprint density at radius 1 is 0.643 bits per heavy atom. The van der Waals surface area contributed by atoms with Crippen molar-refractivity contribution in [3.63, 3.8) is 0 Å². The molecular formula is C34H24N8. The number of hydrogen-bond donors (Lipinski definition) is 1.